The first-order valence-corrected chi connectivity index (χ1v) is 8.72. The normalized spacial score (nSPS) is 11.7. The number of aliphatic carboxylic acids is 2. The average molecular weight is 338 g/mol. The van der Waals surface area contributed by atoms with E-state index in [-0.39, 0.29) is 35.9 Å². The van der Waals surface area contributed by atoms with Gasteiger partial charge in [-0.15, -0.1) is 0 Å². The maximum absolute atomic E-state index is 10.8. The largest absolute Gasteiger partial charge is 2.00 e. The standard InChI is InChI=1S/C17H33NO4.Mg/c1-2-3-4-5-6-7-8-9-10-11-14-18-15(17(21)22)12-13-16(19)20;/h15,18H,2-14H2,1H3,(H,19,20)(H,21,22);/q;+2/p-2/t15-;/m0./s1. The van der Waals surface area contributed by atoms with Crippen molar-refractivity contribution in [3.63, 3.8) is 0 Å². The second-order valence-electron chi connectivity index (χ2n) is 5.92. The molecule has 0 aromatic rings. The summed E-state index contributed by atoms with van der Waals surface area (Å²) in [6.07, 6.45) is 12.0. The van der Waals surface area contributed by atoms with Crippen molar-refractivity contribution in [3.8, 4) is 0 Å². The monoisotopic (exact) mass is 337 g/mol. The van der Waals surface area contributed by atoms with E-state index in [9.17, 15) is 19.8 Å². The van der Waals surface area contributed by atoms with Gasteiger partial charge in [0.05, 0.1) is 5.97 Å². The predicted octanol–water partition coefficient (Wildman–Crippen LogP) is 0.765. The number of carbonyl (C=O) groups is 2. The van der Waals surface area contributed by atoms with Gasteiger partial charge in [0.15, 0.2) is 0 Å². The van der Waals surface area contributed by atoms with Gasteiger partial charge in [0.2, 0.25) is 0 Å². The molecule has 0 radical (unpaired) electrons. The molecule has 130 valence electrons. The van der Waals surface area contributed by atoms with Crippen LogP contribution in [0.3, 0.4) is 0 Å². The Hall–Kier alpha value is -0.334. The molecule has 1 N–H and O–H groups in total. The second-order valence-corrected chi connectivity index (χ2v) is 5.92. The van der Waals surface area contributed by atoms with Crippen LogP contribution in [0.4, 0.5) is 0 Å². The van der Waals surface area contributed by atoms with Crippen molar-refractivity contribution in [2.45, 2.75) is 90.0 Å². The van der Waals surface area contributed by atoms with Gasteiger partial charge in [-0.1, -0.05) is 64.7 Å². The number of nitrogens with one attached hydrogen (secondary N) is 1. The zero-order chi connectivity index (χ0) is 16.6. The van der Waals surface area contributed by atoms with E-state index < -0.39 is 18.0 Å². The smallest absolute Gasteiger partial charge is 0.550 e. The van der Waals surface area contributed by atoms with E-state index in [0.29, 0.717) is 6.54 Å². The summed E-state index contributed by atoms with van der Waals surface area (Å²) in [5.41, 5.74) is 0. The van der Waals surface area contributed by atoms with E-state index in [2.05, 4.69) is 12.2 Å². The van der Waals surface area contributed by atoms with Crippen LogP contribution in [-0.2, 0) is 9.59 Å². The first-order chi connectivity index (χ1) is 10.6. The van der Waals surface area contributed by atoms with Gasteiger partial charge in [-0.05, 0) is 25.8 Å². The van der Waals surface area contributed by atoms with Crippen LogP contribution in [0.15, 0.2) is 0 Å². The molecule has 0 heterocycles. The first-order valence-electron chi connectivity index (χ1n) is 8.72. The number of hydrogen-bond acceptors (Lipinski definition) is 5. The molecule has 0 bridgehead atoms. The Morgan fingerprint density at radius 2 is 1.35 bits per heavy atom. The van der Waals surface area contributed by atoms with E-state index in [4.69, 9.17) is 0 Å². The number of hydrogen-bond donors (Lipinski definition) is 1. The van der Waals surface area contributed by atoms with Gasteiger partial charge in [-0.3, -0.25) is 0 Å². The van der Waals surface area contributed by atoms with Crippen LogP contribution in [0.2, 0.25) is 0 Å². The maximum atomic E-state index is 10.8. The van der Waals surface area contributed by atoms with Crippen molar-refractivity contribution in [2.24, 2.45) is 0 Å². The molecule has 0 spiro atoms. The minimum absolute atomic E-state index is 0. The quantitative estimate of drug-likeness (QED) is 0.332. The number of unbranched alkanes of at least 4 members (excludes halogenated alkanes) is 9. The summed E-state index contributed by atoms with van der Waals surface area (Å²) >= 11 is 0. The second kappa shape index (κ2) is 18.0. The fourth-order valence-electron chi connectivity index (χ4n) is 2.45. The molecule has 0 saturated heterocycles. The third-order valence-corrected chi connectivity index (χ3v) is 3.84. The molecule has 6 heteroatoms. The van der Waals surface area contributed by atoms with Gasteiger partial charge in [-0.2, -0.15) is 0 Å². The molecule has 0 amide bonds. The Bertz CT molecular complexity index is 300. The van der Waals surface area contributed by atoms with Gasteiger partial charge in [0.25, 0.3) is 0 Å². The number of carboxylic acid groups (broad SMARTS) is 2. The van der Waals surface area contributed by atoms with Crippen LogP contribution < -0.4 is 15.5 Å². The summed E-state index contributed by atoms with van der Waals surface area (Å²) in [4.78, 5) is 21.2. The molecule has 0 fully saturated rings. The van der Waals surface area contributed by atoms with Crippen molar-refractivity contribution in [2.75, 3.05) is 6.54 Å². The summed E-state index contributed by atoms with van der Waals surface area (Å²) in [5, 5.41) is 24.0. The number of carbonyl (C=O) groups excluding carboxylic acids is 2. The molecule has 1 atom stereocenters. The molecule has 0 aromatic carbocycles. The molecule has 0 rings (SSSR count). The van der Waals surface area contributed by atoms with Crippen LogP contribution in [0.25, 0.3) is 0 Å². The van der Waals surface area contributed by atoms with Crippen molar-refractivity contribution < 1.29 is 19.8 Å². The predicted molar refractivity (Wildman–Crippen MR) is 88.6 cm³/mol. The molecule has 5 nitrogen and oxygen atoms in total. The van der Waals surface area contributed by atoms with Gasteiger partial charge >= 0.3 is 23.1 Å². The van der Waals surface area contributed by atoms with Gasteiger partial charge < -0.3 is 25.1 Å². The van der Waals surface area contributed by atoms with Crippen LogP contribution >= 0.6 is 0 Å². The molecule has 0 aliphatic rings. The summed E-state index contributed by atoms with van der Waals surface area (Å²) in [6, 6.07) is -0.892. The average Bonchev–Trinajstić information content (AvgIpc) is 2.47. The Morgan fingerprint density at radius 3 is 1.78 bits per heavy atom. The van der Waals surface area contributed by atoms with Gasteiger partial charge in [0.1, 0.15) is 0 Å². The van der Waals surface area contributed by atoms with Crippen LogP contribution in [0.1, 0.15) is 84.0 Å². The third kappa shape index (κ3) is 17.9. The fourth-order valence-corrected chi connectivity index (χ4v) is 2.45. The maximum Gasteiger partial charge on any atom is 2.00 e. The topological polar surface area (TPSA) is 92.3 Å². The molecular weight excluding hydrogens is 306 g/mol. The third-order valence-electron chi connectivity index (χ3n) is 3.84. The van der Waals surface area contributed by atoms with Gasteiger partial charge in [-0.25, -0.2) is 0 Å². The zero-order valence-corrected chi connectivity index (χ0v) is 16.0. The van der Waals surface area contributed by atoms with Crippen LogP contribution in [0, 0.1) is 0 Å². The zero-order valence-electron chi connectivity index (χ0n) is 14.6. The molecule has 23 heavy (non-hydrogen) atoms. The van der Waals surface area contributed by atoms with Crippen molar-refractivity contribution in [1.29, 1.82) is 0 Å². The van der Waals surface area contributed by atoms with Gasteiger partial charge in [0, 0.05) is 12.0 Å². The van der Waals surface area contributed by atoms with Crippen molar-refractivity contribution in [1.82, 2.24) is 5.32 Å². The molecular formula is C17H31MgNO4. The van der Waals surface area contributed by atoms with E-state index >= 15 is 0 Å². The van der Waals surface area contributed by atoms with Crippen LogP contribution in [0.5, 0.6) is 0 Å². The Labute approximate surface area is 156 Å². The number of rotatable bonds is 16. The molecule has 0 aliphatic carbocycles. The molecule has 0 aromatic heterocycles. The SMILES string of the molecule is CCCCCCCCCCCCN[C@@H](CCC(=O)[O-])C(=O)[O-].[Mg+2]. The minimum Gasteiger partial charge on any atom is -0.550 e. The Kier molecular flexibility index (Phi) is 19.5. The molecule has 0 aliphatic heterocycles. The van der Waals surface area contributed by atoms with E-state index in [0.717, 1.165) is 12.8 Å². The summed E-state index contributed by atoms with van der Waals surface area (Å²) in [5.74, 6) is -2.47. The summed E-state index contributed by atoms with van der Waals surface area (Å²) < 4.78 is 0. The first kappa shape index (κ1) is 24.9. The minimum atomic E-state index is -1.24. The van der Waals surface area contributed by atoms with E-state index in [1.807, 2.05) is 0 Å². The van der Waals surface area contributed by atoms with Crippen molar-refractivity contribution >= 4 is 35.0 Å². The van der Waals surface area contributed by atoms with Crippen LogP contribution in [-0.4, -0.2) is 47.6 Å². The Balaban J connectivity index is 0. The number of carboxylic acids is 2. The molecule has 0 saturated carbocycles. The molecule has 0 unspecified atom stereocenters. The summed E-state index contributed by atoms with van der Waals surface area (Å²) in [7, 11) is 0. The summed E-state index contributed by atoms with van der Waals surface area (Å²) in [6.45, 7) is 2.81. The fraction of sp³-hybridized carbons (Fsp3) is 0.882. The van der Waals surface area contributed by atoms with E-state index in [1.54, 1.807) is 0 Å². The Morgan fingerprint density at radius 1 is 0.870 bits per heavy atom. The van der Waals surface area contributed by atoms with Crippen molar-refractivity contribution in [3.05, 3.63) is 0 Å². The van der Waals surface area contributed by atoms with E-state index in [1.165, 1.54) is 51.4 Å².